The molecule has 21 heavy (non-hydrogen) atoms. The molecular weight excluding hydrogens is 286 g/mol. The summed E-state index contributed by atoms with van der Waals surface area (Å²) in [5.41, 5.74) is 1.08. The van der Waals surface area contributed by atoms with Gasteiger partial charge in [-0.15, -0.1) is 0 Å². The molecule has 1 fully saturated rings. The molecule has 0 aliphatic heterocycles. The molecule has 118 valence electrons. The lowest BCUT2D eigenvalue weighted by Crippen LogP contribution is -2.16. The van der Waals surface area contributed by atoms with Crippen molar-refractivity contribution in [2.75, 3.05) is 13.7 Å². The Morgan fingerprint density at radius 2 is 2.05 bits per heavy atom. The van der Waals surface area contributed by atoms with Crippen molar-refractivity contribution in [3.63, 3.8) is 0 Å². The summed E-state index contributed by atoms with van der Waals surface area (Å²) >= 11 is 6.17. The minimum Gasteiger partial charge on any atom is -0.493 e. The van der Waals surface area contributed by atoms with Gasteiger partial charge in [0.05, 0.1) is 13.7 Å². The van der Waals surface area contributed by atoms with Crippen LogP contribution < -0.4 is 14.8 Å². The molecule has 0 atom stereocenters. The minimum absolute atomic E-state index is 0.660. The zero-order valence-electron chi connectivity index (χ0n) is 13.1. The number of rotatable bonds is 10. The second-order valence-corrected chi connectivity index (χ2v) is 6.10. The van der Waals surface area contributed by atoms with E-state index in [2.05, 4.69) is 12.2 Å². The average molecular weight is 312 g/mol. The molecule has 0 bridgehead atoms. The average Bonchev–Trinajstić information content (AvgIpc) is 3.30. The van der Waals surface area contributed by atoms with Crippen LogP contribution in [0.3, 0.4) is 0 Å². The Labute approximate surface area is 133 Å². The highest BCUT2D eigenvalue weighted by molar-refractivity contribution is 6.30. The first-order chi connectivity index (χ1) is 10.2. The summed E-state index contributed by atoms with van der Waals surface area (Å²) in [6.07, 6.45) is 7.32. The zero-order chi connectivity index (χ0) is 15.1. The van der Waals surface area contributed by atoms with Crippen LogP contribution in [0.5, 0.6) is 11.5 Å². The lowest BCUT2D eigenvalue weighted by Gasteiger charge is -2.16. The van der Waals surface area contributed by atoms with Gasteiger partial charge < -0.3 is 14.8 Å². The highest BCUT2D eigenvalue weighted by Crippen LogP contribution is 2.35. The van der Waals surface area contributed by atoms with E-state index in [1.807, 2.05) is 12.1 Å². The van der Waals surface area contributed by atoms with Crippen LogP contribution >= 0.6 is 11.6 Å². The van der Waals surface area contributed by atoms with Crippen LogP contribution in [0, 0.1) is 0 Å². The van der Waals surface area contributed by atoms with Gasteiger partial charge in [-0.2, -0.15) is 0 Å². The number of nitrogens with one attached hydrogen (secondary N) is 1. The second kappa shape index (κ2) is 8.50. The van der Waals surface area contributed by atoms with Gasteiger partial charge in [0.1, 0.15) is 0 Å². The topological polar surface area (TPSA) is 30.5 Å². The Kier molecular flexibility index (Phi) is 6.65. The molecule has 0 unspecified atom stereocenters. The molecule has 0 saturated heterocycles. The molecule has 0 amide bonds. The molecule has 2 rings (SSSR count). The summed E-state index contributed by atoms with van der Waals surface area (Å²) in [7, 11) is 1.66. The summed E-state index contributed by atoms with van der Waals surface area (Å²) in [5.74, 6) is 1.57. The van der Waals surface area contributed by atoms with E-state index in [0.717, 1.165) is 36.6 Å². The number of ether oxygens (including phenoxy) is 2. The molecule has 0 radical (unpaired) electrons. The van der Waals surface area contributed by atoms with Gasteiger partial charge in [-0.1, -0.05) is 37.8 Å². The fraction of sp³-hybridized carbons (Fsp3) is 0.647. The minimum atomic E-state index is 0.660. The molecule has 0 aromatic heterocycles. The Balaban J connectivity index is 1.99. The van der Waals surface area contributed by atoms with Crippen molar-refractivity contribution in [2.24, 2.45) is 0 Å². The quantitative estimate of drug-likeness (QED) is 0.643. The summed E-state index contributed by atoms with van der Waals surface area (Å²) in [6, 6.07) is 4.46. The number of halogens is 1. The molecule has 1 aromatic rings. The van der Waals surface area contributed by atoms with E-state index in [4.69, 9.17) is 21.1 Å². The number of benzene rings is 1. The van der Waals surface area contributed by atoms with E-state index < -0.39 is 0 Å². The Morgan fingerprint density at radius 3 is 2.71 bits per heavy atom. The number of unbranched alkanes of at least 4 members (excludes halogenated alkanes) is 3. The number of methoxy groups -OCH3 is 1. The van der Waals surface area contributed by atoms with E-state index in [1.165, 1.54) is 32.1 Å². The molecule has 1 N–H and O–H groups in total. The van der Waals surface area contributed by atoms with Gasteiger partial charge in [0.15, 0.2) is 11.5 Å². The van der Waals surface area contributed by atoms with E-state index in [1.54, 1.807) is 7.11 Å². The summed E-state index contributed by atoms with van der Waals surface area (Å²) < 4.78 is 11.4. The smallest absolute Gasteiger partial charge is 0.165 e. The predicted octanol–water partition coefficient (Wildman–Crippen LogP) is 4.56. The normalized spacial score (nSPS) is 14.2. The molecule has 4 heteroatoms. The van der Waals surface area contributed by atoms with Crippen molar-refractivity contribution in [1.29, 1.82) is 0 Å². The van der Waals surface area contributed by atoms with E-state index in [9.17, 15) is 0 Å². The highest BCUT2D eigenvalue weighted by atomic mass is 35.5. The molecule has 1 aliphatic rings. The number of hydrogen-bond donors (Lipinski definition) is 1. The zero-order valence-corrected chi connectivity index (χ0v) is 13.8. The van der Waals surface area contributed by atoms with Crippen LogP contribution in [0.25, 0.3) is 0 Å². The first-order valence-corrected chi connectivity index (χ1v) is 8.35. The molecule has 1 aromatic carbocycles. The molecule has 1 saturated carbocycles. The van der Waals surface area contributed by atoms with Gasteiger partial charge >= 0.3 is 0 Å². The van der Waals surface area contributed by atoms with Crippen molar-refractivity contribution in [3.8, 4) is 11.5 Å². The van der Waals surface area contributed by atoms with Crippen molar-refractivity contribution < 1.29 is 9.47 Å². The van der Waals surface area contributed by atoms with Crippen molar-refractivity contribution in [1.82, 2.24) is 5.32 Å². The molecule has 3 nitrogen and oxygen atoms in total. The Bertz CT molecular complexity index is 447. The van der Waals surface area contributed by atoms with Gasteiger partial charge in [0, 0.05) is 29.2 Å². The maximum Gasteiger partial charge on any atom is 0.165 e. The van der Waals surface area contributed by atoms with Gasteiger partial charge in [0.25, 0.3) is 0 Å². The van der Waals surface area contributed by atoms with E-state index in [0.29, 0.717) is 11.1 Å². The Morgan fingerprint density at radius 1 is 1.24 bits per heavy atom. The molecule has 1 aliphatic carbocycles. The van der Waals surface area contributed by atoms with E-state index >= 15 is 0 Å². The third-order valence-corrected chi connectivity index (χ3v) is 3.94. The van der Waals surface area contributed by atoms with Crippen LogP contribution in [0.2, 0.25) is 5.02 Å². The standard InChI is InChI=1S/C17H26ClNO2/c1-3-4-5-6-9-21-17-13(12-19-15-7-8-15)10-14(18)11-16(17)20-2/h10-11,15,19H,3-9,12H2,1-2H3. The lowest BCUT2D eigenvalue weighted by molar-refractivity contribution is 0.281. The third kappa shape index (κ3) is 5.40. The van der Waals surface area contributed by atoms with Crippen molar-refractivity contribution in [3.05, 3.63) is 22.7 Å². The van der Waals surface area contributed by atoms with Gasteiger partial charge in [-0.3, -0.25) is 0 Å². The van der Waals surface area contributed by atoms with Crippen molar-refractivity contribution in [2.45, 2.75) is 58.0 Å². The maximum atomic E-state index is 6.17. The molecular formula is C17H26ClNO2. The second-order valence-electron chi connectivity index (χ2n) is 5.66. The predicted molar refractivity (Wildman–Crippen MR) is 87.5 cm³/mol. The van der Waals surface area contributed by atoms with Crippen LogP contribution in [-0.4, -0.2) is 19.8 Å². The van der Waals surface area contributed by atoms with Crippen LogP contribution in [0.1, 0.15) is 51.0 Å². The lowest BCUT2D eigenvalue weighted by atomic mass is 10.1. The largest absolute Gasteiger partial charge is 0.493 e. The van der Waals surface area contributed by atoms with Gasteiger partial charge in [-0.25, -0.2) is 0 Å². The highest BCUT2D eigenvalue weighted by Gasteiger charge is 2.21. The van der Waals surface area contributed by atoms with Gasteiger partial charge in [0.2, 0.25) is 0 Å². The van der Waals surface area contributed by atoms with E-state index in [-0.39, 0.29) is 0 Å². The first-order valence-electron chi connectivity index (χ1n) is 7.97. The molecule has 0 spiro atoms. The summed E-state index contributed by atoms with van der Waals surface area (Å²) in [4.78, 5) is 0. The first kappa shape index (κ1) is 16.4. The summed E-state index contributed by atoms with van der Waals surface area (Å²) in [5, 5.41) is 4.20. The van der Waals surface area contributed by atoms with Gasteiger partial charge in [-0.05, 0) is 25.3 Å². The fourth-order valence-corrected chi connectivity index (χ4v) is 2.55. The third-order valence-electron chi connectivity index (χ3n) is 3.72. The fourth-order valence-electron chi connectivity index (χ4n) is 2.31. The summed E-state index contributed by atoms with van der Waals surface area (Å²) in [6.45, 7) is 3.73. The SMILES string of the molecule is CCCCCCOc1c(CNC2CC2)cc(Cl)cc1OC. The Hall–Kier alpha value is -0.930. The molecule has 0 heterocycles. The maximum absolute atomic E-state index is 6.17. The van der Waals surface area contributed by atoms with Crippen molar-refractivity contribution >= 4 is 11.6 Å². The number of hydrogen-bond acceptors (Lipinski definition) is 3. The van der Waals surface area contributed by atoms with Crippen LogP contribution in [-0.2, 0) is 6.54 Å². The monoisotopic (exact) mass is 311 g/mol. The van der Waals surface area contributed by atoms with Crippen LogP contribution in [0.15, 0.2) is 12.1 Å². The van der Waals surface area contributed by atoms with Crippen LogP contribution in [0.4, 0.5) is 0 Å².